The molecule has 154 valence electrons. The fourth-order valence-electron chi connectivity index (χ4n) is 3.71. The molecule has 6 nitrogen and oxygen atoms in total. The average molecular weight is 396 g/mol. The molecular weight excluding hydrogens is 366 g/mol. The quantitative estimate of drug-likeness (QED) is 0.754. The maximum atomic E-state index is 12.9. The van der Waals surface area contributed by atoms with Gasteiger partial charge in [-0.3, -0.25) is 4.79 Å². The Morgan fingerprint density at radius 3 is 2.31 bits per heavy atom. The lowest BCUT2D eigenvalue weighted by atomic mass is 10.0. The highest BCUT2D eigenvalue weighted by molar-refractivity contribution is 5.75. The van der Waals surface area contributed by atoms with E-state index in [2.05, 4.69) is 22.3 Å². The number of carbonyl (C=O) groups excluding carboxylic acids is 1. The number of anilines is 1. The Labute approximate surface area is 172 Å². The number of hydrogen-bond acceptors (Lipinski definition) is 3. The number of urea groups is 1. The van der Waals surface area contributed by atoms with E-state index in [-0.39, 0.29) is 18.5 Å². The molecular formula is C23H29N3O3. The largest absolute Gasteiger partial charge is 0.481 e. The predicted octanol–water partition coefficient (Wildman–Crippen LogP) is 3.38. The van der Waals surface area contributed by atoms with Crippen LogP contribution < -0.4 is 10.2 Å². The van der Waals surface area contributed by atoms with E-state index >= 15 is 0 Å². The number of benzene rings is 2. The Hall–Kier alpha value is -3.02. The van der Waals surface area contributed by atoms with Crippen molar-refractivity contribution in [3.8, 4) is 0 Å². The highest BCUT2D eigenvalue weighted by Crippen LogP contribution is 2.16. The van der Waals surface area contributed by atoms with Gasteiger partial charge in [0, 0.05) is 44.3 Å². The van der Waals surface area contributed by atoms with Gasteiger partial charge in [-0.15, -0.1) is 0 Å². The summed E-state index contributed by atoms with van der Waals surface area (Å²) in [4.78, 5) is 28.1. The molecule has 6 heteroatoms. The summed E-state index contributed by atoms with van der Waals surface area (Å²) in [6.45, 7) is 3.06. The molecule has 0 saturated carbocycles. The molecule has 1 atom stereocenters. The molecule has 3 rings (SSSR count). The first-order valence-corrected chi connectivity index (χ1v) is 10.2. The highest BCUT2D eigenvalue weighted by Gasteiger charge is 2.22. The van der Waals surface area contributed by atoms with Crippen LogP contribution in [-0.2, 0) is 11.2 Å². The molecule has 2 aromatic rings. The number of nitrogens with zero attached hydrogens (tertiary/aromatic N) is 2. The van der Waals surface area contributed by atoms with Gasteiger partial charge in [0.2, 0.25) is 0 Å². The third-order valence-electron chi connectivity index (χ3n) is 5.26. The van der Waals surface area contributed by atoms with Gasteiger partial charge in [0.15, 0.2) is 0 Å². The number of amides is 2. The summed E-state index contributed by atoms with van der Waals surface area (Å²) in [5.41, 5.74) is 2.27. The third-order valence-corrected chi connectivity index (χ3v) is 5.26. The predicted molar refractivity (Wildman–Crippen MR) is 114 cm³/mol. The Morgan fingerprint density at radius 2 is 1.62 bits per heavy atom. The standard InChI is InChI=1S/C23H29N3O3/c27-22(28)13-12-20(18-19-8-3-1-4-9-19)24-23(29)26-15-7-14-25(16-17-26)21-10-5-2-6-11-21/h1-6,8-11,20H,7,12-18H2,(H,24,29)(H,27,28). The minimum atomic E-state index is -0.842. The van der Waals surface area contributed by atoms with Gasteiger partial charge in [0.05, 0.1) is 0 Å². The van der Waals surface area contributed by atoms with Crippen LogP contribution in [0, 0.1) is 0 Å². The van der Waals surface area contributed by atoms with Crippen LogP contribution in [0.4, 0.5) is 10.5 Å². The van der Waals surface area contributed by atoms with Crippen molar-refractivity contribution < 1.29 is 14.7 Å². The molecule has 2 amide bonds. The van der Waals surface area contributed by atoms with Gasteiger partial charge in [-0.1, -0.05) is 48.5 Å². The first-order valence-electron chi connectivity index (χ1n) is 10.2. The van der Waals surface area contributed by atoms with E-state index in [9.17, 15) is 9.59 Å². The maximum Gasteiger partial charge on any atom is 0.317 e. The number of nitrogens with one attached hydrogen (secondary N) is 1. The molecule has 0 bridgehead atoms. The lowest BCUT2D eigenvalue weighted by Crippen LogP contribution is -2.47. The second kappa shape index (κ2) is 10.5. The van der Waals surface area contributed by atoms with Crippen LogP contribution in [-0.4, -0.2) is 54.2 Å². The van der Waals surface area contributed by atoms with Gasteiger partial charge in [0.1, 0.15) is 0 Å². The lowest BCUT2D eigenvalue weighted by molar-refractivity contribution is -0.137. The van der Waals surface area contributed by atoms with Crippen LogP contribution in [0.25, 0.3) is 0 Å². The summed E-state index contributed by atoms with van der Waals surface area (Å²) in [5, 5.41) is 12.1. The number of carbonyl (C=O) groups is 2. The van der Waals surface area contributed by atoms with Gasteiger partial charge in [-0.2, -0.15) is 0 Å². The molecule has 0 aromatic heterocycles. The SMILES string of the molecule is O=C(O)CCC(Cc1ccccc1)NC(=O)N1CCCN(c2ccccc2)CC1. The number of aliphatic carboxylic acids is 1. The van der Waals surface area contributed by atoms with Crippen molar-refractivity contribution >= 4 is 17.7 Å². The summed E-state index contributed by atoms with van der Waals surface area (Å²) in [6.07, 6.45) is 1.99. The average Bonchev–Trinajstić information content (AvgIpc) is 3.00. The van der Waals surface area contributed by atoms with Crippen molar-refractivity contribution in [1.29, 1.82) is 0 Å². The molecule has 0 aliphatic carbocycles. The molecule has 29 heavy (non-hydrogen) atoms. The Kier molecular flexibility index (Phi) is 7.50. The Balaban J connectivity index is 1.58. The number of para-hydroxylation sites is 1. The lowest BCUT2D eigenvalue weighted by Gasteiger charge is -2.26. The van der Waals surface area contributed by atoms with Crippen molar-refractivity contribution in [1.82, 2.24) is 10.2 Å². The zero-order valence-electron chi connectivity index (χ0n) is 16.7. The molecule has 1 aliphatic heterocycles. The normalized spacial score (nSPS) is 15.4. The zero-order chi connectivity index (χ0) is 20.5. The Bertz CT molecular complexity index is 782. The van der Waals surface area contributed by atoms with Crippen molar-refractivity contribution in [3.05, 3.63) is 66.2 Å². The van der Waals surface area contributed by atoms with Crippen LogP contribution in [0.2, 0.25) is 0 Å². The fraction of sp³-hybridized carbons (Fsp3) is 0.391. The van der Waals surface area contributed by atoms with E-state index in [1.807, 2.05) is 53.4 Å². The Morgan fingerprint density at radius 1 is 0.931 bits per heavy atom. The van der Waals surface area contributed by atoms with E-state index in [4.69, 9.17) is 5.11 Å². The molecule has 1 saturated heterocycles. The van der Waals surface area contributed by atoms with Gasteiger partial charge < -0.3 is 20.2 Å². The van der Waals surface area contributed by atoms with Crippen molar-refractivity contribution in [2.75, 3.05) is 31.1 Å². The van der Waals surface area contributed by atoms with Crippen molar-refractivity contribution in [3.63, 3.8) is 0 Å². The number of hydrogen-bond donors (Lipinski definition) is 2. The van der Waals surface area contributed by atoms with E-state index < -0.39 is 5.97 Å². The number of carboxylic acids is 1. The molecule has 0 radical (unpaired) electrons. The number of carboxylic acid groups (broad SMARTS) is 1. The number of rotatable bonds is 7. The van der Waals surface area contributed by atoms with Crippen LogP contribution >= 0.6 is 0 Å². The molecule has 2 N–H and O–H groups in total. The first-order chi connectivity index (χ1) is 14.1. The van der Waals surface area contributed by atoms with Gasteiger partial charge in [-0.05, 0) is 37.0 Å². The van der Waals surface area contributed by atoms with Gasteiger partial charge in [-0.25, -0.2) is 4.79 Å². The van der Waals surface area contributed by atoms with Crippen LogP contribution in [0.15, 0.2) is 60.7 Å². The maximum absolute atomic E-state index is 12.9. The van der Waals surface area contributed by atoms with Crippen molar-refractivity contribution in [2.24, 2.45) is 0 Å². The molecule has 1 unspecified atom stereocenters. The minimum absolute atomic E-state index is 0.0412. The summed E-state index contributed by atoms with van der Waals surface area (Å²) in [7, 11) is 0. The van der Waals surface area contributed by atoms with Gasteiger partial charge in [0.25, 0.3) is 0 Å². The topological polar surface area (TPSA) is 72.9 Å². The van der Waals surface area contributed by atoms with Crippen LogP contribution in [0.1, 0.15) is 24.8 Å². The summed E-state index contributed by atoms with van der Waals surface area (Å²) >= 11 is 0. The van der Waals surface area contributed by atoms with Crippen molar-refractivity contribution in [2.45, 2.75) is 31.7 Å². The molecule has 2 aromatic carbocycles. The molecule has 0 spiro atoms. The molecule has 1 heterocycles. The first kappa shape index (κ1) is 20.7. The second-order valence-corrected chi connectivity index (χ2v) is 7.43. The monoisotopic (exact) mass is 395 g/mol. The second-order valence-electron chi connectivity index (χ2n) is 7.43. The molecule has 1 aliphatic rings. The van der Waals surface area contributed by atoms with Crippen LogP contribution in [0.3, 0.4) is 0 Å². The smallest absolute Gasteiger partial charge is 0.317 e. The molecule has 1 fully saturated rings. The summed E-state index contributed by atoms with van der Waals surface area (Å²) < 4.78 is 0. The van der Waals surface area contributed by atoms with Gasteiger partial charge >= 0.3 is 12.0 Å². The van der Waals surface area contributed by atoms with E-state index in [0.29, 0.717) is 25.9 Å². The summed E-state index contributed by atoms with van der Waals surface area (Å²) in [6, 6.07) is 19.8. The van der Waals surface area contributed by atoms with E-state index in [0.717, 1.165) is 25.1 Å². The third kappa shape index (κ3) is 6.52. The zero-order valence-corrected chi connectivity index (χ0v) is 16.7. The fourth-order valence-corrected chi connectivity index (χ4v) is 3.71. The minimum Gasteiger partial charge on any atom is -0.481 e. The van der Waals surface area contributed by atoms with E-state index in [1.54, 1.807) is 0 Å². The summed E-state index contributed by atoms with van der Waals surface area (Å²) in [5.74, 6) is -0.842. The van der Waals surface area contributed by atoms with E-state index in [1.165, 1.54) is 5.69 Å². The van der Waals surface area contributed by atoms with Crippen LogP contribution in [0.5, 0.6) is 0 Å². The highest BCUT2D eigenvalue weighted by atomic mass is 16.4.